The van der Waals surface area contributed by atoms with Crippen molar-refractivity contribution in [1.82, 2.24) is 19.6 Å². The zero-order valence-electron chi connectivity index (χ0n) is 8.31. The first-order valence-corrected chi connectivity index (χ1v) is 4.73. The quantitative estimate of drug-likeness (QED) is 0.603. The smallest absolute Gasteiger partial charge is 0.268 e. The van der Waals surface area contributed by atoms with Gasteiger partial charge in [-0.3, -0.25) is 9.38 Å². The molecular formula is C10H5F3N4. The maximum atomic E-state index is 12.7. The van der Waals surface area contributed by atoms with Crippen LogP contribution in [0.25, 0.3) is 16.7 Å². The molecule has 0 saturated heterocycles. The molecule has 0 aliphatic rings. The summed E-state index contributed by atoms with van der Waals surface area (Å²) in [5.41, 5.74) is 0.878. The zero-order chi connectivity index (χ0) is 12.0. The van der Waals surface area contributed by atoms with Crippen molar-refractivity contribution in [1.29, 1.82) is 0 Å². The maximum Gasteiger partial charge on any atom is 0.452 e. The summed E-state index contributed by atoms with van der Waals surface area (Å²) in [6.07, 6.45) is -3.27. The number of fused-ring (bicyclic) bond motifs is 3. The van der Waals surface area contributed by atoms with Crippen LogP contribution in [0.2, 0.25) is 0 Å². The average Bonchev–Trinajstić information content (AvgIpc) is 2.72. The Kier molecular flexibility index (Phi) is 1.86. The Bertz CT molecular complexity index is 701. The number of nitrogens with zero attached hydrogens (tertiary/aromatic N) is 4. The number of halogens is 3. The summed E-state index contributed by atoms with van der Waals surface area (Å²) in [5, 5.41) is 6.63. The molecule has 0 unspecified atom stereocenters. The Morgan fingerprint density at radius 2 is 1.82 bits per heavy atom. The van der Waals surface area contributed by atoms with Crippen molar-refractivity contribution in [3.05, 3.63) is 36.3 Å². The van der Waals surface area contributed by atoms with E-state index < -0.39 is 12.0 Å². The van der Waals surface area contributed by atoms with Crippen LogP contribution in [0.5, 0.6) is 0 Å². The summed E-state index contributed by atoms with van der Waals surface area (Å²) in [6, 6.07) is 6.53. The van der Waals surface area contributed by atoms with Crippen LogP contribution >= 0.6 is 0 Å². The number of aromatic nitrogens is 4. The van der Waals surface area contributed by atoms with Gasteiger partial charge in [-0.25, -0.2) is 0 Å². The van der Waals surface area contributed by atoms with E-state index in [1.165, 1.54) is 6.20 Å². The van der Waals surface area contributed by atoms with Crippen LogP contribution in [0.15, 0.2) is 30.5 Å². The lowest BCUT2D eigenvalue weighted by molar-refractivity contribution is -0.145. The summed E-state index contributed by atoms with van der Waals surface area (Å²) >= 11 is 0. The van der Waals surface area contributed by atoms with Crippen LogP contribution in [0.1, 0.15) is 5.82 Å². The van der Waals surface area contributed by atoms with Crippen molar-refractivity contribution < 1.29 is 13.2 Å². The first kappa shape index (κ1) is 10.0. The standard InChI is InChI=1S/C10H5F3N4/c11-10(12,13)9-16-15-8-5-14-6-3-1-2-4-7(6)17(8)9/h1-5H. The van der Waals surface area contributed by atoms with Crippen LogP contribution in [-0.4, -0.2) is 19.6 Å². The minimum absolute atomic E-state index is 0.0797. The molecule has 0 bridgehead atoms. The zero-order valence-corrected chi connectivity index (χ0v) is 8.31. The van der Waals surface area contributed by atoms with Gasteiger partial charge in [0, 0.05) is 0 Å². The molecule has 0 aliphatic heterocycles. The molecule has 0 aliphatic carbocycles. The molecule has 1 aromatic carbocycles. The van der Waals surface area contributed by atoms with Gasteiger partial charge >= 0.3 is 6.18 Å². The minimum atomic E-state index is -4.54. The van der Waals surface area contributed by atoms with Gasteiger partial charge in [-0.05, 0) is 12.1 Å². The number of para-hydroxylation sites is 2. The number of rotatable bonds is 0. The highest BCUT2D eigenvalue weighted by Crippen LogP contribution is 2.29. The first-order valence-electron chi connectivity index (χ1n) is 4.73. The van der Waals surface area contributed by atoms with E-state index in [1.54, 1.807) is 24.3 Å². The van der Waals surface area contributed by atoms with Crippen molar-refractivity contribution >= 4 is 16.7 Å². The van der Waals surface area contributed by atoms with Crippen molar-refractivity contribution in [2.75, 3.05) is 0 Å². The summed E-state index contributed by atoms with van der Waals surface area (Å²) in [4.78, 5) is 4.01. The molecule has 17 heavy (non-hydrogen) atoms. The molecule has 0 spiro atoms. The molecule has 3 rings (SSSR count). The predicted molar refractivity (Wildman–Crippen MR) is 53.3 cm³/mol. The monoisotopic (exact) mass is 238 g/mol. The molecule has 7 heteroatoms. The van der Waals surface area contributed by atoms with Gasteiger partial charge in [0.15, 0.2) is 5.65 Å². The molecule has 3 aromatic rings. The summed E-state index contributed by atoms with van der Waals surface area (Å²) < 4.78 is 39.2. The Hall–Kier alpha value is -2.18. The van der Waals surface area contributed by atoms with Crippen molar-refractivity contribution in [2.45, 2.75) is 6.18 Å². The van der Waals surface area contributed by atoms with Crippen LogP contribution < -0.4 is 0 Å². The molecule has 0 atom stereocenters. The second-order valence-corrected chi connectivity index (χ2v) is 3.46. The molecule has 0 amide bonds. The van der Waals surface area contributed by atoms with Crippen LogP contribution in [-0.2, 0) is 6.18 Å². The highest BCUT2D eigenvalue weighted by Gasteiger charge is 2.37. The normalized spacial score (nSPS) is 12.4. The third-order valence-corrected chi connectivity index (χ3v) is 2.38. The summed E-state index contributed by atoms with van der Waals surface area (Å²) in [6.45, 7) is 0. The Morgan fingerprint density at radius 3 is 2.59 bits per heavy atom. The number of hydrogen-bond acceptors (Lipinski definition) is 3. The molecule has 4 nitrogen and oxygen atoms in total. The van der Waals surface area contributed by atoms with E-state index in [4.69, 9.17) is 0 Å². The highest BCUT2D eigenvalue weighted by atomic mass is 19.4. The van der Waals surface area contributed by atoms with E-state index in [2.05, 4.69) is 15.2 Å². The average molecular weight is 238 g/mol. The van der Waals surface area contributed by atoms with Gasteiger partial charge in [-0.1, -0.05) is 12.1 Å². The SMILES string of the molecule is FC(F)(F)c1nnc2cnc3ccccc3n12. The molecule has 0 radical (unpaired) electrons. The number of alkyl halides is 3. The van der Waals surface area contributed by atoms with Crippen molar-refractivity contribution in [3.63, 3.8) is 0 Å². The van der Waals surface area contributed by atoms with Gasteiger partial charge < -0.3 is 0 Å². The van der Waals surface area contributed by atoms with E-state index >= 15 is 0 Å². The van der Waals surface area contributed by atoms with Gasteiger partial charge in [0.1, 0.15) is 0 Å². The minimum Gasteiger partial charge on any atom is -0.268 e. The lowest BCUT2D eigenvalue weighted by Crippen LogP contribution is -2.11. The Morgan fingerprint density at radius 1 is 1.06 bits per heavy atom. The molecule has 86 valence electrons. The molecule has 2 heterocycles. The second kappa shape index (κ2) is 3.16. The fraction of sp³-hybridized carbons (Fsp3) is 0.100. The molecule has 0 fully saturated rings. The highest BCUT2D eigenvalue weighted by molar-refractivity contribution is 5.77. The predicted octanol–water partition coefficient (Wildman–Crippen LogP) is 2.30. The summed E-state index contributed by atoms with van der Waals surface area (Å²) in [7, 11) is 0. The topological polar surface area (TPSA) is 43.1 Å². The van der Waals surface area contributed by atoms with Gasteiger partial charge in [0.05, 0.1) is 17.2 Å². The first-order chi connectivity index (χ1) is 8.07. The second-order valence-electron chi connectivity index (χ2n) is 3.46. The van der Waals surface area contributed by atoms with E-state index in [0.29, 0.717) is 11.0 Å². The maximum absolute atomic E-state index is 12.7. The summed E-state index contributed by atoms with van der Waals surface area (Å²) in [5.74, 6) is -1.04. The third kappa shape index (κ3) is 1.42. The molecule has 0 N–H and O–H groups in total. The van der Waals surface area contributed by atoms with E-state index in [1.807, 2.05) is 0 Å². The van der Waals surface area contributed by atoms with Crippen LogP contribution in [0.4, 0.5) is 13.2 Å². The fourth-order valence-electron chi connectivity index (χ4n) is 1.69. The lowest BCUT2D eigenvalue weighted by Gasteiger charge is -2.06. The number of benzene rings is 1. The van der Waals surface area contributed by atoms with Crippen LogP contribution in [0.3, 0.4) is 0 Å². The largest absolute Gasteiger partial charge is 0.452 e. The lowest BCUT2D eigenvalue weighted by atomic mass is 10.3. The van der Waals surface area contributed by atoms with Crippen molar-refractivity contribution in [2.24, 2.45) is 0 Å². The number of hydrogen-bond donors (Lipinski definition) is 0. The third-order valence-electron chi connectivity index (χ3n) is 2.38. The molecule has 2 aromatic heterocycles. The molecular weight excluding hydrogens is 233 g/mol. The Balaban J connectivity index is 2.51. The Labute approximate surface area is 92.7 Å². The van der Waals surface area contributed by atoms with Crippen molar-refractivity contribution in [3.8, 4) is 0 Å². The van der Waals surface area contributed by atoms with Gasteiger partial charge in [-0.15, -0.1) is 10.2 Å². The molecule has 0 saturated carbocycles. The van der Waals surface area contributed by atoms with E-state index in [0.717, 1.165) is 4.40 Å². The van der Waals surface area contributed by atoms with Gasteiger partial charge in [-0.2, -0.15) is 13.2 Å². The fourth-order valence-corrected chi connectivity index (χ4v) is 1.69. The van der Waals surface area contributed by atoms with Gasteiger partial charge in [0.25, 0.3) is 0 Å². The van der Waals surface area contributed by atoms with E-state index in [9.17, 15) is 13.2 Å². The van der Waals surface area contributed by atoms with Gasteiger partial charge in [0.2, 0.25) is 5.82 Å². The van der Waals surface area contributed by atoms with E-state index in [-0.39, 0.29) is 5.65 Å². The van der Waals surface area contributed by atoms with Crippen LogP contribution in [0, 0.1) is 0 Å².